The Bertz CT molecular complexity index is 1060. The van der Waals surface area contributed by atoms with Gasteiger partial charge in [-0.25, -0.2) is 4.79 Å². The van der Waals surface area contributed by atoms with Gasteiger partial charge in [0, 0.05) is 61.4 Å². The lowest BCUT2D eigenvalue weighted by molar-refractivity contribution is 0.216. The van der Waals surface area contributed by atoms with Gasteiger partial charge in [-0.2, -0.15) is 11.8 Å². The van der Waals surface area contributed by atoms with Crippen molar-refractivity contribution in [2.24, 2.45) is 0 Å². The van der Waals surface area contributed by atoms with E-state index in [1.807, 2.05) is 60.1 Å². The van der Waals surface area contributed by atoms with E-state index in [1.54, 1.807) is 13.2 Å². The Morgan fingerprint density at radius 1 is 1.10 bits per heavy atom. The highest BCUT2D eigenvalue weighted by atomic mass is 32.2. The summed E-state index contributed by atoms with van der Waals surface area (Å²) in [7, 11) is 3.57. The fourth-order valence-corrected chi connectivity index (χ4v) is 4.59. The Morgan fingerprint density at radius 3 is 2.70 bits per heavy atom. The minimum absolute atomic E-state index is 0.375. The van der Waals surface area contributed by atoms with Gasteiger partial charge in [0.25, 0.3) is 0 Å². The molecule has 0 amide bonds. The number of anilines is 2. The molecule has 2 heterocycles. The zero-order chi connectivity index (χ0) is 20.9. The maximum Gasteiger partial charge on any atom is 0.338 e. The fraction of sp³-hybridized carbons (Fsp3) is 0.348. The molecule has 0 N–H and O–H groups in total. The largest absolute Gasteiger partial charge is 0.493 e. The van der Waals surface area contributed by atoms with Crippen LogP contribution in [0, 0.1) is 0 Å². The van der Waals surface area contributed by atoms with Crippen LogP contribution in [-0.4, -0.2) is 56.8 Å². The van der Waals surface area contributed by atoms with E-state index >= 15 is 0 Å². The van der Waals surface area contributed by atoms with Crippen LogP contribution in [0.15, 0.2) is 57.7 Å². The summed E-state index contributed by atoms with van der Waals surface area (Å²) >= 11 is 2.00. The monoisotopic (exact) mass is 426 g/mol. The number of thioether (sulfide) groups is 1. The second-order valence-electron chi connectivity index (χ2n) is 7.14. The molecule has 2 aromatic carbocycles. The van der Waals surface area contributed by atoms with Crippen molar-refractivity contribution in [2.45, 2.75) is 0 Å². The second-order valence-corrected chi connectivity index (χ2v) is 8.37. The molecule has 0 unspecified atom stereocenters. The zero-order valence-electron chi connectivity index (χ0n) is 17.3. The van der Waals surface area contributed by atoms with Gasteiger partial charge in [0.2, 0.25) is 0 Å². The van der Waals surface area contributed by atoms with E-state index in [1.165, 1.54) is 17.6 Å². The van der Waals surface area contributed by atoms with Crippen molar-refractivity contribution >= 4 is 34.1 Å². The molecule has 0 atom stereocenters. The predicted octanol–water partition coefficient (Wildman–Crippen LogP) is 4.00. The minimum Gasteiger partial charge on any atom is -0.493 e. The van der Waals surface area contributed by atoms with Crippen molar-refractivity contribution < 1.29 is 13.9 Å². The molecule has 0 bridgehead atoms. The number of nitrogens with zero attached hydrogens (tertiary/aromatic N) is 2. The number of hydrogen-bond acceptors (Lipinski definition) is 7. The lowest BCUT2D eigenvalue weighted by Gasteiger charge is -2.26. The number of benzene rings is 2. The highest BCUT2D eigenvalue weighted by Crippen LogP contribution is 2.36. The molecule has 0 spiro atoms. The van der Waals surface area contributed by atoms with Gasteiger partial charge < -0.3 is 18.8 Å². The Labute approximate surface area is 180 Å². The molecule has 6 nitrogen and oxygen atoms in total. The highest BCUT2D eigenvalue weighted by Gasteiger charge is 2.15. The topological polar surface area (TPSA) is 55.1 Å². The first kappa shape index (κ1) is 20.6. The Morgan fingerprint density at radius 2 is 1.90 bits per heavy atom. The predicted molar refractivity (Wildman–Crippen MR) is 123 cm³/mol. The number of rotatable bonds is 7. The van der Waals surface area contributed by atoms with Gasteiger partial charge in [0.1, 0.15) is 12.2 Å². The first-order valence-electron chi connectivity index (χ1n) is 10.0. The number of ether oxygens (including phenoxy) is 2. The molecule has 1 aliphatic heterocycles. The van der Waals surface area contributed by atoms with Gasteiger partial charge in [0.15, 0.2) is 11.5 Å². The minimum atomic E-state index is -0.375. The molecule has 3 aromatic rings. The van der Waals surface area contributed by atoms with Crippen LogP contribution < -0.4 is 20.0 Å². The van der Waals surface area contributed by atoms with E-state index in [0.717, 1.165) is 36.4 Å². The van der Waals surface area contributed by atoms with Crippen molar-refractivity contribution in [3.8, 4) is 11.5 Å². The third kappa shape index (κ3) is 4.57. The molecular weight excluding hydrogens is 400 g/mol. The molecule has 0 aliphatic carbocycles. The third-order valence-electron chi connectivity index (χ3n) is 5.29. The molecule has 0 saturated carbocycles. The average molecular weight is 427 g/mol. The summed E-state index contributed by atoms with van der Waals surface area (Å²) in [6.07, 6.45) is 0. The summed E-state index contributed by atoms with van der Waals surface area (Å²) in [6, 6.07) is 14.9. The van der Waals surface area contributed by atoms with E-state index in [4.69, 9.17) is 13.9 Å². The number of para-hydroxylation sites is 1. The lowest BCUT2D eigenvalue weighted by Crippen LogP contribution is -2.35. The number of hydrogen-bond donors (Lipinski definition) is 0. The van der Waals surface area contributed by atoms with E-state index in [-0.39, 0.29) is 5.63 Å². The lowest BCUT2D eigenvalue weighted by atomic mass is 10.1. The van der Waals surface area contributed by atoms with Crippen LogP contribution >= 0.6 is 11.8 Å². The third-order valence-corrected chi connectivity index (χ3v) is 6.24. The molecule has 7 heteroatoms. The van der Waals surface area contributed by atoms with Crippen LogP contribution in [0.5, 0.6) is 11.5 Å². The first-order chi connectivity index (χ1) is 14.7. The first-order valence-corrected chi connectivity index (χ1v) is 11.2. The van der Waals surface area contributed by atoms with Gasteiger partial charge in [-0.05, 0) is 24.3 Å². The molecule has 1 aliphatic rings. The van der Waals surface area contributed by atoms with Crippen LogP contribution in [0.4, 0.5) is 11.4 Å². The highest BCUT2D eigenvalue weighted by molar-refractivity contribution is 7.99. The maximum absolute atomic E-state index is 12.1. The van der Waals surface area contributed by atoms with Crippen molar-refractivity contribution in [1.82, 2.24) is 4.90 Å². The standard InChI is InChI=1S/C23H26N2O4S/c1-24(19-16-23(26)29-20-6-4-3-5-18(19)20)17-7-8-21(27-2)22(15-17)28-12-9-25-10-13-30-14-11-25/h3-8,15-16H,9-14H2,1-2H3. The Hall–Kier alpha value is -2.64. The molecule has 4 rings (SSSR count). The normalized spacial score (nSPS) is 14.6. The van der Waals surface area contributed by atoms with E-state index in [2.05, 4.69) is 4.90 Å². The van der Waals surface area contributed by atoms with E-state index < -0.39 is 0 Å². The van der Waals surface area contributed by atoms with Gasteiger partial charge in [0.05, 0.1) is 12.8 Å². The van der Waals surface area contributed by atoms with Crippen LogP contribution in [0.25, 0.3) is 11.0 Å². The Kier molecular flexibility index (Phi) is 6.50. The van der Waals surface area contributed by atoms with Crippen molar-refractivity contribution in [3.63, 3.8) is 0 Å². The van der Waals surface area contributed by atoms with Crippen LogP contribution in [-0.2, 0) is 0 Å². The molecule has 0 radical (unpaired) electrons. The molecule has 1 saturated heterocycles. The quantitative estimate of drug-likeness (QED) is 0.529. The maximum atomic E-state index is 12.1. The van der Waals surface area contributed by atoms with E-state index in [9.17, 15) is 4.79 Å². The molecule has 158 valence electrons. The molecule has 1 fully saturated rings. The number of fused-ring (bicyclic) bond motifs is 1. The summed E-state index contributed by atoms with van der Waals surface area (Å²) in [5.41, 5.74) is 1.87. The van der Waals surface area contributed by atoms with Gasteiger partial charge in [-0.15, -0.1) is 0 Å². The van der Waals surface area contributed by atoms with Crippen LogP contribution in [0.1, 0.15) is 0 Å². The second kappa shape index (κ2) is 9.45. The molecule has 30 heavy (non-hydrogen) atoms. The number of methoxy groups -OCH3 is 1. The van der Waals surface area contributed by atoms with E-state index in [0.29, 0.717) is 23.7 Å². The summed E-state index contributed by atoms with van der Waals surface area (Å²) in [6.45, 7) is 3.72. The smallest absolute Gasteiger partial charge is 0.338 e. The summed E-state index contributed by atoms with van der Waals surface area (Å²) in [4.78, 5) is 16.4. The van der Waals surface area contributed by atoms with Gasteiger partial charge >= 0.3 is 5.63 Å². The zero-order valence-corrected chi connectivity index (χ0v) is 18.1. The SMILES string of the molecule is COc1ccc(N(C)c2cc(=O)oc3ccccc23)cc1OCCN1CCSCC1. The average Bonchev–Trinajstić information content (AvgIpc) is 2.78. The van der Waals surface area contributed by atoms with Crippen LogP contribution in [0.3, 0.4) is 0 Å². The fourth-order valence-electron chi connectivity index (χ4n) is 3.61. The van der Waals surface area contributed by atoms with Crippen molar-refractivity contribution in [1.29, 1.82) is 0 Å². The Balaban J connectivity index is 1.57. The summed E-state index contributed by atoms with van der Waals surface area (Å²) < 4.78 is 16.9. The summed E-state index contributed by atoms with van der Waals surface area (Å²) in [5.74, 6) is 3.75. The summed E-state index contributed by atoms with van der Waals surface area (Å²) in [5, 5.41) is 0.876. The van der Waals surface area contributed by atoms with Crippen molar-refractivity contribution in [2.75, 3.05) is 56.8 Å². The molecular formula is C23H26N2O4S. The van der Waals surface area contributed by atoms with Crippen LogP contribution in [0.2, 0.25) is 0 Å². The molecule has 1 aromatic heterocycles. The van der Waals surface area contributed by atoms with Crippen molar-refractivity contribution in [3.05, 3.63) is 59.0 Å². The van der Waals surface area contributed by atoms with Gasteiger partial charge in [-0.3, -0.25) is 4.90 Å². The van der Waals surface area contributed by atoms with Gasteiger partial charge in [-0.1, -0.05) is 12.1 Å².